The van der Waals surface area contributed by atoms with Crippen molar-refractivity contribution in [2.75, 3.05) is 13.4 Å². The second kappa shape index (κ2) is 7.22. The Kier molecular flexibility index (Phi) is 5.55. The summed E-state index contributed by atoms with van der Waals surface area (Å²) in [5, 5.41) is 4.08. The van der Waals surface area contributed by atoms with Crippen molar-refractivity contribution in [2.24, 2.45) is 7.05 Å². The van der Waals surface area contributed by atoms with E-state index in [1.54, 1.807) is 14.0 Å². The molecule has 0 bridgehead atoms. The van der Waals surface area contributed by atoms with Crippen LogP contribution in [0, 0.1) is 6.92 Å². The molecule has 2 rings (SSSR count). The number of carbonyl (C=O) groups excluding carboxylic acids is 1. The first kappa shape index (κ1) is 20.7. The van der Waals surface area contributed by atoms with Crippen molar-refractivity contribution in [3.63, 3.8) is 0 Å². The minimum atomic E-state index is -4.95. The smallest absolute Gasteiger partial charge is 0.481 e. The van der Waals surface area contributed by atoms with Gasteiger partial charge in [-0.05, 0) is 30.7 Å². The number of nitrogens with zero attached hydrogens (tertiary/aromatic N) is 2. The average Bonchev–Trinajstić information content (AvgIpc) is 2.77. The van der Waals surface area contributed by atoms with Gasteiger partial charge in [0.25, 0.3) is 0 Å². The summed E-state index contributed by atoms with van der Waals surface area (Å²) >= 11 is 0. The number of aryl methyl sites for hydroxylation is 2. The molecule has 0 saturated heterocycles. The number of carbonyl (C=O) groups is 1. The Morgan fingerprint density at radius 2 is 1.93 bits per heavy atom. The molecule has 11 heteroatoms. The summed E-state index contributed by atoms with van der Waals surface area (Å²) in [5.74, 6) is -1.72. The Balaban J connectivity index is 2.60. The lowest BCUT2D eigenvalue weighted by molar-refractivity contribution is -0.274. The molecule has 1 aromatic carbocycles. The highest BCUT2D eigenvalue weighted by Crippen LogP contribution is 2.30. The van der Waals surface area contributed by atoms with Gasteiger partial charge < -0.3 is 9.47 Å². The lowest BCUT2D eigenvalue weighted by Gasteiger charge is -2.13. The monoisotopic (exact) mass is 406 g/mol. The predicted molar refractivity (Wildman–Crippen MR) is 89.6 cm³/mol. The third-order valence-electron chi connectivity index (χ3n) is 3.56. The van der Waals surface area contributed by atoms with E-state index in [1.807, 2.05) is 0 Å². The first-order chi connectivity index (χ1) is 12.3. The summed E-state index contributed by atoms with van der Waals surface area (Å²) < 4.78 is 71.1. The standard InChI is InChI=1S/C16H17F3N2O5S/c1-9-13(15(25-3)21(2)20-9)14(22)12-6-5-11(26-16(17,18)19)7-10(12)8-27(4,23)24/h5-7H,8H2,1-4H3. The van der Waals surface area contributed by atoms with Crippen molar-refractivity contribution < 1.29 is 35.9 Å². The van der Waals surface area contributed by atoms with Crippen LogP contribution in [0.5, 0.6) is 11.6 Å². The Labute approximate surface area is 153 Å². The van der Waals surface area contributed by atoms with Gasteiger partial charge in [0, 0.05) is 18.9 Å². The van der Waals surface area contributed by atoms with Gasteiger partial charge in [-0.2, -0.15) is 5.10 Å². The predicted octanol–water partition coefficient (Wildman–Crippen LogP) is 2.41. The molecule has 0 amide bonds. The number of hydrogen-bond donors (Lipinski definition) is 0. The third kappa shape index (κ3) is 5.00. The number of aromatic nitrogens is 2. The lowest BCUT2D eigenvalue weighted by atomic mass is 9.99. The van der Waals surface area contributed by atoms with Gasteiger partial charge in [0.1, 0.15) is 11.3 Å². The summed E-state index contributed by atoms with van der Waals surface area (Å²) in [6, 6.07) is 2.93. The quantitative estimate of drug-likeness (QED) is 0.685. The van der Waals surface area contributed by atoms with E-state index in [2.05, 4.69) is 9.84 Å². The van der Waals surface area contributed by atoms with Crippen LogP contribution in [0.25, 0.3) is 0 Å². The van der Waals surface area contributed by atoms with E-state index in [0.717, 1.165) is 24.5 Å². The molecule has 0 unspecified atom stereocenters. The Hall–Kier alpha value is -2.56. The van der Waals surface area contributed by atoms with Crippen LogP contribution in [-0.2, 0) is 22.6 Å². The van der Waals surface area contributed by atoms with Gasteiger partial charge in [0.15, 0.2) is 9.84 Å². The number of alkyl halides is 3. The van der Waals surface area contributed by atoms with Crippen molar-refractivity contribution in [3.05, 3.63) is 40.6 Å². The first-order valence-corrected chi connectivity index (χ1v) is 9.57. The van der Waals surface area contributed by atoms with Gasteiger partial charge in [-0.1, -0.05) is 0 Å². The molecular formula is C16H17F3N2O5S. The molecule has 0 aliphatic carbocycles. The number of rotatable bonds is 6. The first-order valence-electron chi connectivity index (χ1n) is 7.51. The third-order valence-corrected chi connectivity index (χ3v) is 4.40. The van der Waals surface area contributed by atoms with Crippen molar-refractivity contribution in [3.8, 4) is 11.6 Å². The molecule has 1 aromatic heterocycles. The van der Waals surface area contributed by atoms with Crippen LogP contribution in [0.2, 0.25) is 0 Å². The minimum Gasteiger partial charge on any atom is -0.481 e. The number of halogens is 3. The van der Waals surface area contributed by atoms with Crippen LogP contribution in [0.3, 0.4) is 0 Å². The second-order valence-electron chi connectivity index (χ2n) is 5.86. The topological polar surface area (TPSA) is 87.5 Å². The summed E-state index contributed by atoms with van der Waals surface area (Å²) in [7, 11) is -0.743. The molecule has 0 radical (unpaired) electrons. The Morgan fingerprint density at radius 3 is 2.44 bits per heavy atom. The maximum Gasteiger partial charge on any atom is 0.573 e. The van der Waals surface area contributed by atoms with E-state index >= 15 is 0 Å². The van der Waals surface area contributed by atoms with Gasteiger partial charge >= 0.3 is 6.36 Å². The molecule has 0 aliphatic heterocycles. The van der Waals surface area contributed by atoms with Crippen molar-refractivity contribution in [1.29, 1.82) is 0 Å². The molecule has 7 nitrogen and oxygen atoms in total. The zero-order valence-corrected chi connectivity index (χ0v) is 15.7. The molecule has 148 valence electrons. The Bertz CT molecular complexity index is 981. The summed E-state index contributed by atoms with van der Waals surface area (Å²) in [4.78, 5) is 13.0. The number of benzene rings is 1. The fourth-order valence-electron chi connectivity index (χ4n) is 2.66. The zero-order valence-electron chi connectivity index (χ0n) is 14.9. The summed E-state index contributed by atoms with van der Waals surface area (Å²) in [6.07, 6.45) is -4.04. The van der Waals surface area contributed by atoms with E-state index in [-0.39, 0.29) is 22.6 Å². The summed E-state index contributed by atoms with van der Waals surface area (Å²) in [6.45, 7) is 1.56. The maximum atomic E-state index is 13.0. The number of sulfone groups is 1. The number of ketones is 1. The van der Waals surface area contributed by atoms with E-state index in [0.29, 0.717) is 5.69 Å². The largest absolute Gasteiger partial charge is 0.573 e. The van der Waals surface area contributed by atoms with Crippen LogP contribution in [0.4, 0.5) is 13.2 Å². The van der Waals surface area contributed by atoms with Gasteiger partial charge in [-0.3, -0.25) is 4.79 Å². The normalized spacial score (nSPS) is 12.1. The molecule has 0 atom stereocenters. The molecular weight excluding hydrogens is 389 g/mol. The fourth-order valence-corrected chi connectivity index (χ4v) is 3.46. The molecule has 0 aliphatic rings. The average molecular weight is 406 g/mol. The maximum absolute atomic E-state index is 13.0. The highest BCUT2D eigenvalue weighted by molar-refractivity contribution is 7.89. The number of ether oxygens (including phenoxy) is 2. The molecule has 0 spiro atoms. The van der Waals surface area contributed by atoms with E-state index in [1.165, 1.54) is 11.8 Å². The molecule has 0 N–H and O–H groups in total. The van der Waals surface area contributed by atoms with Crippen LogP contribution in [0.1, 0.15) is 27.2 Å². The fraction of sp³-hybridized carbons (Fsp3) is 0.375. The SMILES string of the molecule is COc1c(C(=O)c2ccc(OC(F)(F)F)cc2CS(C)(=O)=O)c(C)nn1C. The van der Waals surface area contributed by atoms with Crippen molar-refractivity contribution in [1.82, 2.24) is 9.78 Å². The van der Waals surface area contributed by atoms with Crippen molar-refractivity contribution in [2.45, 2.75) is 19.0 Å². The summed E-state index contributed by atoms with van der Waals surface area (Å²) in [5.41, 5.74) is 0.235. The van der Waals surface area contributed by atoms with Gasteiger partial charge in [0.05, 0.1) is 18.6 Å². The molecule has 1 heterocycles. The van der Waals surface area contributed by atoms with E-state index < -0.39 is 33.5 Å². The van der Waals surface area contributed by atoms with Gasteiger partial charge in [-0.15, -0.1) is 13.2 Å². The van der Waals surface area contributed by atoms with Crippen LogP contribution in [-0.4, -0.2) is 43.7 Å². The minimum absolute atomic E-state index is 0.0793. The molecule has 27 heavy (non-hydrogen) atoms. The zero-order chi connectivity index (χ0) is 20.6. The molecule has 0 saturated carbocycles. The number of hydrogen-bond acceptors (Lipinski definition) is 6. The van der Waals surface area contributed by atoms with Gasteiger partial charge in [-0.25, -0.2) is 13.1 Å². The lowest BCUT2D eigenvalue weighted by Crippen LogP contribution is -2.18. The Morgan fingerprint density at radius 1 is 1.30 bits per heavy atom. The second-order valence-corrected chi connectivity index (χ2v) is 8.00. The number of methoxy groups -OCH3 is 1. The highest BCUT2D eigenvalue weighted by Gasteiger charge is 2.32. The van der Waals surface area contributed by atoms with Crippen LogP contribution in [0.15, 0.2) is 18.2 Å². The molecule has 2 aromatic rings. The van der Waals surface area contributed by atoms with Crippen LogP contribution >= 0.6 is 0 Å². The van der Waals surface area contributed by atoms with E-state index in [4.69, 9.17) is 4.74 Å². The molecule has 0 fully saturated rings. The van der Waals surface area contributed by atoms with E-state index in [9.17, 15) is 26.4 Å². The highest BCUT2D eigenvalue weighted by atomic mass is 32.2. The van der Waals surface area contributed by atoms with Gasteiger partial charge in [0.2, 0.25) is 11.7 Å². The van der Waals surface area contributed by atoms with Crippen LogP contribution < -0.4 is 9.47 Å². The van der Waals surface area contributed by atoms with Crippen molar-refractivity contribution >= 4 is 15.6 Å².